The van der Waals surface area contributed by atoms with E-state index in [-0.39, 0.29) is 19.0 Å². The first-order valence-electron chi connectivity index (χ1n) is 9.17. The maximum Gasteiger partial charge on any atom is 0.418 e. The predicted octanol–water partition coefficient (Wildman–Crippen LogP) is 1.76. The van der Waals surface area contributed by atoms with Crippen molar-refractivity contribution in [2.24, 2.45) is 0 Å². The van der Waals surface area contributed by atoms with E-state index in [9.17, 15) is 33.0 Å². The normalized spacial score (nSPS) is 19.6. The number of aromatic nitrogens is 1. The Hall–Kier alpha value is -2.24. The van der Waals surface area contributed by atoms with Gasteiger partial charge in [-0.3, -0.25) is 9.69 Å². The van der Waals surface area contributed by atoms with Crippen molar-refractivity contribution in [3.63, 3.8) is 0 Å². The fraction of sp³-hybridized carbons (Fsp3) is 0.632. The molecule has 1 aromatic heterocycles. The average molecular weight is 434 g/mol. The number of halogens is 3. The van der Waals surface area contributed by atoms with Gasteiger partial charge in [0, 0.05) is 0 Å². The minimum atomic E-state index is -4.76. The summed E-state index contributed by atoms with van der Waals surface area (Å²) in [5.74, 6) is -2.11. The van der Waals surface area contributed by atoms with Crippen LogP contribution in [0.25, 0.3) is 0 Å². The fourth-order valence-corrected chi connectivity index (χ4v) is 2.84. The smallest absolute Gasteiger partial charge is 0.418 e. The number of esters is 1. The molecule has 2 rings (SSSR count). The van der Waals surface area contributed by atoms with Gasteiger partial charge in [0.25, 0.3) is 5.91 Å². The quantitative estimate of drug-likeness (QED) is 0.695. The second-order valence-corrected chi connectivity index (χ2v) is 8.38. The molecule has 8 nitrogen and oxygen atoms in total. The number of carbonyl (C=O) groups is 2. The monoisotopic (exact) mass is 434 g/mol. The summed E-state index contributed by atoms with van der Waals surface area (Å²) in [7, 11) is 0. The predicted molar refractivity (Wildman–Crippen MR) is 98.4 cm³/mol. The van der Waals surface area contributed by atoms with Gasteiger partial charge in [0.15, 0.2) is 12.2 Å². The van der Waals surface area contributed by atoms with Crippen LogP contribution in [0.2, 0.25) is 0 Å². The third-order valence-electron chi connectivity index (χ3n) is 4.10. The first-order valence-corrected chi connectivity index (χ1v) is 9.17. The molecule has 2 atom stereocenters. The molecule has 0 aromatic carbocycles. The Morgan fingerprint density at radius 3 is 2.37 bits per heavy atom. The zero-order valence-electron chi connectivity index (χ0n) is 17.3. The van der Waals surface area contributed by atoms with Crippen LogP contribution in [-0.4, -0.2) is 58.0 Å². The second-order valence-electron chi connectivity index (χ2n) is 8.38. The van der Waals surface area contributed by atoms with Crippen LogP contribution >= 0.6 is 0 Å². The zero-order chi connectivity index (χ0) is 23.1. The summed E-state index contributed by atoms with van der Waals surface area (Å²) in [6, 6.07) is 1.70. The molecule has 0 bridgehead atoms. The van der Waals surface area contributed by atoms with E-state index in [0.29, 0.717) is 0 Å². The Labute approximate surface area is 171 Å². The summed E-state index contributed by atoms with van der Waals surface area (Å²) in [4.78, 5) is 29.7. The molecule has 2 heterocycles. The molecule has 0 unspecified atom stereocenters. The van der Waals surface area contributed by atoms with Crippen LogP contribution in [0.1, 0.15) is 45.9 Å². The highest BCUT2D eigenvalue weighted by molar-refractivity contribution is 5.99. The number of nitrogens with zero attached hydrogens (tertiary/aromatic N) is 2. The standard InChI is InChI=1S/C19H25F3N2O6/c1-17(2,3)30-16(27)12(25)13-15(26)24(8-9-29-13)11-7-6-10(19(20,21)22)14(23-11)18(4,5)28/h6-7,12-13,25,28H,8-9H2,1-5H3/t12-,13-/m1/s1. The third-order valence-corrected chi connectivity index (χ3v) is 4.10. The number of aliphatic hydroxyl groups excluding tert-OH is 1. The molecule has 0 saturated carbocycles. The van der Waals surface area contributed by atoms with E-state index >= 15 is 0 Å². The van der Waals surface area contributed by atoms with Crippen molar-refractivity contribution < 1.29 is 42.4 Å². The lowest BCUT2D eigenvalue weighted by atomic mass is 9.98. The molecular weight excluding hydrogens is 409 g/mol. The van der Waals surface area contributed by atoms with Gasteiger partial charge in [0.05, 0.1) is 24.4 Å². The van der Waals surface area contributed by atoms with Gasteiger partial charge in [0.2, 0.25) is 0 Å². The SMILES string of the molecule is CC(C)(C)OC(=O)[C@H](O)[C@H]1OCCN(c2ccc(C(F)(F)F)c(C(C)(C)O)n2)C1=O. The van der Waals surface area contributed by atoms with Crippen molar-refractivity contribution in [2.75, 3.05) is 18.1 Å². The molecule has 30 heavy (non-hydrogen) atoms. The number of pyridine rings is 1. The number of alkyl halides is 3. The molecule has 1 amide bonds. The lowest BCUT2D eigenvalue weighted by Crippen LogP contribution is -2.55. The summed E-state index contributed by atoms with van der Waals surface area (Å²) >= 11 is 0. The highest BCUT2D eigenvalue weighted by atomic mass is 19.4. The van der Waals surface area contributed by atoms with E-state index in [2.05, 4.69) is 4.98 Å². The molecule has 1 aromatic rings. The minimum absolute atomic E-state index is 0.0694. The number of amides is 1. The van der Waals surface area contributed by atoms with Crippen LogP contribution in [0.4, 0.5) is 19.0 Å². The highest BCUT2D eigenvalue weighted by Gasteiger charge is 2.43. The van der Waals surface area contributed by atoms with E-state index in [4.69, 9.17) is 9.47 Å². The van der Waals surface area contributed by atoms with Gasteiger partial charge >= 0.3 is 12.1 Å². The number of aliphatic hydroxyl groups is 2. The maximum absolute atomic E-state index is 13.3. The Bertz CT molecular complexity index is 814. The van der Waals surface area contributed by atoms with Gasteiger partial charge in [-0.1, -0.05) is 0 Å². The van der Waals surface area contributed by atoms with Crippen LogP contribution in [0.15, 0.2) is 12.1 Å². The van der Waals surface area contributed by atoms with Gasteiger partial charge < -0.3 is 19.7 Å². The van der Waals surface area contributed by atoms with Crippen molar-refractivity contribution in [1.29, 1.82) is 0 Å². The van der Waals surface area contributed by atoms with E-state index in [1.54, 1.807) is 20.8 Å². The molecule has 0 radical (unpaired) electrons. The Morgan fingerprint density at radius 2 is 1.87 bits per heavy atom. The molecule has 0 spiro atoms. The van der Waals surface area contributed by atoms with Gasteiger partial charge in [-0.25, -0.2) is 9.78 Å². The van der Waals surface area contributed by atoms with Gasteiger partial charge in [0.1, 0.15) is 17.0 Å². The Morgan fingerprint density at radius 1 is 1.27 bits per heavy atom. The van der Waals surface area contributed by atoms with E-state index in [0.717, 1.165) is 30.9 Å². The molecule has 1 fully saturated rings. The lowest BCUT2D eigenvalue weighted by Gasteiger charge is -2.34. The number of ether oxygens (including phenoxy) is 2. The molecule has 168 valence electrons. The van der Waals surface area contributed by atoms with Crippen molar-refractivity contribution in [3.05, 3.63) is 23.4 Å². The van der Waals surface area contributed by atoms with Crippen molar-refractivity contribution in [3.8, 4) is 0 Å². The lowest BCUT2D eigenvalue weighted by molar-refractivity contribution is -0.177. The molecule has 1 saturated heterocycles. The summed E-state index contributed by atoms with van der Waals surface area (Å²) in [6.45, 7) is 6.86. The number of carbonyl (C=O) groups excluding carboxylic acids is 2. The van der Waals surface area contributed by atoms with Crippen LogP contribution < -0.4 is 4.90 Å². The molecule has 1 aliphatic rings. The number of anilines is 1. The summed E-state index contributed by atoms with van der Waals surface area (Å²) in [5, 5.41) is 20.4. The van der Waals surface area contributed by atoms with Crippen LogP contribution in [-0.2, 0) is 30.8 Å². The van der Waals surface area contributed by atoms with Crippen LogP contribution in [0.5, 0.6) is 0 Å². The Kier molecular flexibility index (Phi) is 6.51. The summed E-state index contributed by atoms with van der Waals surface area (Å²) in [5.41, 5.74) is -4.64. The van der Waals surface area contributed by atoms with Crippen LogP contribution in [0, 0.1) is 0 Å². The van der Waals surface area contributed by atoms with Crippen LogP contribution in [0.3, 0.4) is 0 Å². The fourth-order valence-electron chi connectivity index (χ4n) is 2.84. The van der Waals surface area contributed by atoms with Crippen molar-refractivity contribution >= 4 is 17.7 Å². The highest BCUT2D eigenvalue weighted by Crippen LogP contribution is 2.37. The van der Waals surface area contributed by atoms with E-state index in [1.165, 1.54) is 0 Å². The second kappa shape index (κ2) is 8.12. The number of hydrogen-bond acceptors (Lipinski definition) is 7. The number of rotatable bonds is 4. The molecule has 2 N–H and O–H groups in total. The minimum Gasteiger partial charge on any atom is -0.458 e. The number of morpholine rings is 1. The summed E-state index contributed by atoms with van der Waals surface area (Å²) < 4.78 is 50.1. The average Bonchev–Trinajstić information content (AvgIpc) is 2.58. The summed E-state index contributed by atoms with van der Waals surface area (Å²) in [6.07, 6.45) is -8.29. The molecule has 11 heteroatoms. The number of hydrogen-bond donors (Lipinski definition) is 2. The maximum atomic E-state index is 13.3. The first kappa shape index (κ1) is 24.0. The molecular formula is C19H25F3N2O6. The van der Waals surface area contributed by atoms with E-state index in [1.807, 2.05) is 0 Å². The largest absolute Gasteiger partial charge is 0.458 e. The van der Waals surface area contributed by atoms with Gasteiger partial charge in [-0.05, 0) is 46.8 Å². The van der Waals surface area contributed by atoms with Gasteiger partial charge in [-0.15, -0.1) is 0 Å². The first-order chi connectivity index (χ1) is 13.5. The molecule has 1 aliphatic heterocycles. The Balaban J connectivity index is 2.36. The van der Waals surface area contributed by atoms with E-state index < -0.39 is 52.7 Å². The third kappa shape index (κ3) is 5.46. The van der Waals surface area contributed by atoms with Gasteiger partial charge in [-0.2, -0.15) is 13.2 Å². The van der Waals surface area contributed by atoms with Crippen molar-refractivity contribution in [1.82, 2.24) is 4.98 Å². The molecule has 0 aliphatic carbocycles. The van der Waals surface area contributed by atoms with Crippen molar-refractivity contribution in [2.45, 2.75) is 64.2 Å². The zero-order valence-corrected chi connectivity index (χ0v) is 17.3. The topological polar surface area (TPSA) is 109 Å².